The molecule has 0 spiro atoms. The zero-order valence-corrected chi connectivity index (χ0v) is 20.0. The van der Waals surface area contributed by atoms with E-state index in [0.29, 0.717) is 11.7 Å². The third kappa shape index (κ3) is 9.83. The van der Waals surface area contributed by atoms with E-state index in [9.17, 15) is 19.5 Å². The number of aliphatic hydroxyl groups is 2. The summed E-state index contributed by atoms with van der Waals surface area (Å²) in [5.41, 5.74) is -0.0202. The van der Waals surface area contributed by atoms with E-state index in [0.717, 1.165) is 19.3 Å². The van der Waals surface area contributed by atoms with Gasteiger partial charge in [0, 0.05) is 29.9 Å². The second-order valence-corrected chi connectivity index (χ2v) is 10.6. The Morgan fingerprint density at radius 2 is 1.91 bits per heavy atom. The zero-order chi connectivity index (χ0) is 24.1. The number of rotatable bonds is 14. The van der Waals surface area contributed by atoms with Gasteiger partial charge in [-0.15, -0.1) is 0 Å². The fourth-order valence-corrected chi connectivity index (χ4v) is 6.11. The minimum absolute atomic E-state index is 0.0202. The maximum atomic E-state index is 12.5. The maximum Gasteiger partial charge on any atom is 0.330 e. The third-order valence-corrected chi connectivity index (χ3v) is 8.13. The van der Waals surface area contributed by atoms with Crippen LogP contribution in [-0.2, 0) is 14.3 Å². The Balaban J connectivity index is 1.87. The molecule has 2 amide bonds. The van der Waals surface area contributed by atoms with Crippen LogP contribution in [0, 0.1) is 5.92 Å². The topological polar surface area (TPSA) is 145 Å². The molecular weight excluding hydrogens is 468 g/mol. The number of aliphatic hydroxyl groups excluding tert-OH is 2. The van der Waals surface area contributed by atoms with Crippen LogP contribution in [0.3, 0.4) is 0 Å². The van der Waals surface area contributed by atoms with Gasteiger partial charge in [-0.2, -0.15) is 0 Å². The monoisotopic (exact) mass is 500 g/mol. The van der Waals surface area contributed by atoms with Crippen molar-refractivity contribution in [2.75, 3.05) is 32.1 Å². The van der Waals surface area contributed by atoms with Crippen LogP contribution in [0.2, 0.25) is 0 Å². The number of esters is 1. The predicted molar refractivity (Wildman–Crippen MR) is 128 cm³/mol. The number of ether oxygens (including phenoxy) is 1. The largest absolute Gasteiger partial charge is 0.507 e. The molecule has 1 heterocycles. The first-order chi connectivity index (χ1) is 15.9. The summed E-state index contributed by atoms with van der Waals surface area (Å²) >= 11 is 0. The van der Waals surface area contributed by atoms with Crippen molar-refractivity contribution in [3.63, 3.8) is 0 Å². The summed E-state index contributed by atoms with van der Waals surface area (Å²) in [4.78, 5) is 37.3. The van der Waals surface area contributed by atoms with Gasteiger partial charge in [0.25, 0.3) is 5.91 Å². The summed E-state index contributed by atoms with van der Waals surface area (Å²) in [6.07, 6.45) is 4.28. The summed E-state index contributed by atoms with van der Waals surface area (Å²) in [5.74, 6) is -1.46. The standard InChI is InChI=1S/C22H32N2O7S2/c25-12-15(13-26)14-31-22(30)18(24-21(29)17-6-2-3-7-19(17)27)11-23-20(28)8-4-1-5-16-9-10-32-33-16/h2-3,6-7,15-16,18,25-27H,1,4-5,8-14H2,(H,23,28)(H,24,29). The van der Waals surface area contributed by atoms with Crippen molar-refractivity contribution >= 4 is 39.4 Å². The minimum atomic E-state index is -1.20. The molecule has 1 aromatic carbocycles. The number of nitrogens with one attached hydrogen (secondary N) is 2. The van der Waals surface area contributed by atoms with Gasteiger partial charge in [-0.1, -0.05) is 40.1 Å². The first-order valence-electron chi connectivity index (χ1n) is 11.0. The molecule has 1 aromatic rings. The van der Waals surface area contributed by atoms with Gasteiger partial charge in [-0.05, 0) is 31.4 Å². The van der Waals surface area contributed by atoms with E-state index in [1.165, 1.54) is 24.3 Å². The number of amides is 2. The van der Waals surface area contributed by atoms with Gasteiger partial charge in [0.15, 0.2) is 0 Å². The van der Waals surface area contributed by atoms with Gasteiger partial charge in [-0.25, -0.2) is 4.79 Å². The molecule has 0 radical (unpaired) electrons. The van der Waals surface area contributed by atoms with Crippen molar-refractivity contribution in [3.8, 4) is 5.75 Å². The van der Waals surface area contributed by atoms with Crippen LogP contribution >= 0.6 is 21.6 Å². The normalized spacial score (nSPS) is 16.4. The van der Waals surface area contributed by atoms with Crippen LogP contribution in [0.4, 0.5) is 0 Å². The van der Waals surface area contributed by atoms with Crippen molar-refractivity contribution < 1.29 is 34.4 Å². The summed E-state index contributed by atoms with van der Waals surface area (Å²) in [6.45, 7) is -1.16. The van der Waals surface area contributed by atoms with Gasteiger partial charge in [0.1, 0.15) is 11.8 Å². The smallest absolute Gasteiger partial charge is 0.330 e. The number of unbranched alkanes of at least 4 members (excludes halogenated alkanes) is 1. The van der Waals surface area contributed by atoms with Crippen molar-refractivity contribution in [3.05, 3.63) is 29.8 Å². The lowest BCUT2D eigenvalue weighted by molar-refractivity contribution is -0.148. The quantitative estimate of drug-likeness (QED) is 0.146. The van der Waals surface area contributed by atoms with E-state index in [1.54, 1.807) is 12.1 Å². The molecule has 0 bridgehead atoms. The van der Waals surface area contributed by atoms with Gasteiger partial charge < -0.3 is 30.7 Å². The number of aromatic hydroxyl groups is 1. The Hall–Kier alpha value is -1.95. The molecule has 0 aliphatic carbocycles. The number of hydrogen-bond donors (Lipinski definition) is 5. The summed E-state index contributed by atoms with van der Waals surface area (Å²) in [7, 11) is 3.80. The fourth-order valence-electron chi connectivity index (χ4n) is 3.08. The molecule has 2 atom stereocenters. The van der Waals surface area contributed by atoms with Gasteiger partial charge >= 0.3 is 5.97 Å². The zero-order valence-electron chi connectivity index (χ0n) is 18.4. The molecule has 2 rings (SSSR count). The summed E-state index contributed by atoms with van der Waals surface area (Å²) < 4.78 is 5.11. The number of phenols is 1. The molecule has 1 aliphatic heterocycles. The summed E-state index contributed by atoms with van der Waals surface area (Å²) in [6, 6.07) is 4.68. The fraction of sp³-hybridized carbons (Fsp3) is 0.591. The van der Waals surface area contributed by atoms with Crippen molar-refractivity contribution in [1.82, 2.24) is 10.6 Å². The molecule has 1 saturated heterocycles. The molecule has 0 saturated carbocycles. The van der Waals surface area contributed by atoms with E-state index in [-0.39, 0.29) is 43.6 Å². The molecule has 5 N–H and O–H groups in total. The first kappa shape index (κ1) is 27.3. The molecule has 0 aromatic heterocycles. The second kappa shape index (κ2) is 15.0. The Labute approximate surface area is 201 Å². The van der Waals surface area contributed by atoms with E-state index >= 15 is 0 Å². The number of carbonyl (C=O) groups excluding carboxylic acids is 3. The molecule has 33 heavy (non-hydrogen) atoms. The maximum absolute atomic E-state index is 12.5. The number of benzene rings is 1. The highest BCUT2D eigenvalue weighted by Crippen LogP contribution is 2.39. The molecule has 9 nitrogen and oxygen atoms in total. The van der Waals surface area contributed by atoms with Gasteiger partial charge in [-0.3, -0.25) is 9.59 Å². The molecular formula is C22H32N2O7S2. The lowest BCUT2D eigenvalue weighted by Gasteiger charge is -2.20. The molecule has 11 heteroatoms. The van der Waals surface area contributed by atoms with E-state index in [4.69, 9.17) is 14.9 Å². The van der Waals surface area contributed by atoms with Crippen molar-refractivity contribution in [2.45, 2.75) is 43.4 Å². The van der Waals surface area contributed by atoms with Gasteiger partial charge in [0.2, 0.25) is 5.91 Å². The Morgan fingerprint density at radius 1 is 1.15 bits per heavy atom. The number of para-hydroxylation sites is 1. The van der Waals surface area contributed by atoms with Crippen LogP contribution in [0.5, 0.6) is 5.75 Å². The average molecular weight is 501 g/mol. The van der Waals surface area contributed by atoms with E-state index in [2.05, 4.69) is 10.6 Å². The van der Waals surface area contributed by atoms with Crippen LogP contribution in [-0.4, -0.2) is 76.5 Å². The predicted octanol–water partition coefficient (Wildman–Crippen LogP) is 1.46. The highest BCUT2D eigenvalue weighted by atomic mass is 33.1. The lowest BCUT2D eigenvalue weighted by atomic mass is 10.1. The molecule has 184 valence electrons. The highest BCUT2D eigenvalue weighted by molar-refractivity contribution is 8.77. The Kier molecular flexibility index (Phi) is 12.4. The average Bonchev–Trinajstić information content (AvgIpc) is 3.33. The summed E-state index contributed by atoms with van der Waals surface area (Å²) in [5, 5.41) is 34.0. The highest BCUT2D eigenvalue weighted by Gasteiger charge is 2.25. The van der Waals surface area contributed by atoms with Crippen LogP contribution in [0.15, 0.2) is 24.3 Å². The van der Waals surface area contributed by atoms with E-state index in [1.807, 2.05) is 21.6 Å². The van der Waals surface area contributed by atoms with Crippen molar-refractivity contribution in [1.29, 1.82) is 0 Å². The minimum Gasteiger partial charge on any atom is -0.507 e. The Morgan fingerprint density at radius 3 is 2.58 bits per heavy atom. The number of carbonyl (C=O) groups is 3. The Bertz CT molecular complexity index is 771. The van der Waals surface area contributed by atoms with Crippen LogP contribution in [0.1, 0.15) is 42.5 Å². The second-order valence-electron chi connectivity index (χ2n) is 7.78. The molecule has 1 fully saturated rings. The first-order valence-corrected chi connectivity index (χ1v) is 13.3. The van der Waals surface area contributed by atoms with Crippen LogP contribution < -0.4 is 10.6 Å². The third-order valence-electron chi connectivity index (χ3n) is 5.13. The SMILES string of the molecule is O=C(CCCCC1CCSS1)NCC(NC(=O)c1ccccc1O)C(=O)OCC(CO)CO. The lowest BCUT2D eigenvalue weighted by Crippen LogP contribution is -2.49. The number of phenolic OH excluding ortho intramolecular Hbond substituents is 1. The molecule has 1 aliphatic rings. The number of hydrogen-bond acceptors (Lipinski definition) is 9. The van der Waals surface area contributed by atoms with E-state index < -0.39 is 23.8 Å². The van der Waals surface area contributed by atoms with Crippen LogP contribution in [0.25, 0.3) is 0 Å². The van der Waals surface area contributed by atoms with Gasteiger partial charge in [0.05, 0.1) is 25.4 Å². The molecule has 2 unspecified atom stereocenters. The van der Waals surface area contributed by atoms with Crippen molar-refractivity contribution in [2.24, 2.45) is 5.92 Å².